The molecule has 0 aliphatic heterocycles. The van der Waals surface area contributed by atoms with Crippen LogP contribution in [0.2, 0.25) is 0 Å². The Morgan fingerprint density at radius 1 is 1.44 bits per heavy atom. The Hall–Kier alpha value is -1.33. The van der Waals surface area contributed by atoms with E-state index in [9.17, 15) is 4.39 Å². The van der Waals surface area contributed by atoms with Crippen molar-refractivity contribution in [2.24, 2.45) is 0 Å². The van der Waals surface area contributed by atoms with Crippen molar-refractivity contribution in [3.63, 3.8) is 0 Å². The monoisotopic (exact) mass is 237 g/mol. The average molecular weight is 237 g/mol. The van der Waals surface area contributed by atoms with E-state index in [4.69, 9.17) is 0 Å². The van der Waals surface area contributed by atoms with Crippen molar-refractivity contribution in [2.45, 2.75) is 13.0 Å². The first-order valence-electron chi connectivity index (χ1n) is 4.93. The van der Waals surface area contributed by atoms with Gasteiger partial charge in [-0.1, -0.05) is 16.6 Å². The number of aryl methyl sites for hydroxylation is 1. The van der Waals surface area contributed by atoms with E-state index in [0.717, 1.165) is 10.4 Å². The van der Waals surface area contributed by atoms with Crippen molar-refractivity contribution in [2.75, 3.05) is 7.05 Å². The minimum atomic E-state index is -0.185. The van der Waals surface area contributed by atoms with Crippen LogP contribution in [0, 0.1) is 12.7 Å². The quantitative estimate of drug-likeness (QED) is 0.890. The number of rotatable bonds is 3. The molecule has 0 bridgehead atoms. The molecular formula is C11H12FN3S. The van der Waals surface area contributed by atoms with Crippen molar-refractivity contribution in [3.8, 4) is 0 Å². The van der Waals surface area contributed by atoms with Gasteiger partial charge in [0, 0.05) is 0 Å². The Morgan fingerprint density at radius 2 is 2.25 bits per heavy atom. The summed E-state index contributed by atoms with van der Waals surface area (Å²) in [5.41, 5.74) is 1.54. The van der Waals surface area contributed by atoms with Crippen LogP contribution in [0.1, 0.15) is 22.0 Å². The van der Waals surface area contributed by atoms with Crippen molar-refractivity contribution in [1.29, 1.82) is 0 Å². The third-order valence-electron chi connectivity index (χ3n) is 2.48. The maximum atomic E-state index is 13.5. The molecule has 0 aliphatic carbocycles. The molecule has 0 saturated carbocycles. The molecule has 0 spiro atoms. The number of benzene rings is 1. The predicted molar refractivity (Wildman–Crippen MR) is 61.9 cm³/mol. The smallest absolute Gasteiger partial charge is 0.126 e. The van der Waals surface area contributed by atoms with Gasteiger partial charge in [0.15, 0.2) is 0 Å². The molecule has 0 radical (unpaired) electrons. The van der Waals surface area contributed by atoms with Gasteiger partial charge in [-0.15, -0.1) is 5.10 Å². The molecular weight excluding hydrogens is 225 g/mol. The molecule has 16 heavy (non-hydrogen) atoms. The summed E-state index contributed by atoms with van der Waals surface area (Å²) in [5, 5.41) is 6.92. The zero-order valence-corrected chi connectivity index (χ0v) is 9.88. The Bertz CT molecular complexity index is 470. The standard InChI is InChI=1S/C11H12FN3S/c1-7-3-4-8(5-9(7)12)11(13-2)10-6-14-15-16-10/h3-6,11,13H,1-2H3. The summed E-state index contributed by atoms with van der Waals surface area (Å²) in [5.74, 6) is -0.185. The van der Waals surface area contributed by atoms with Crippen LogP contribution in [0.4, 0.5) is 4.39 Å². The fourth-order valence-corrected chi connectivity index (χ4v) is 2.21. The van der Waals surface area contributed by atoms with Gasteiger partial charge in [-0.05, 0) is 42.7 Å². The molecule has 1 aromatic heterocycles. The predicted octanol–water partition coefficient (Wildman–Crippen LogP) is 2.29. The largest absolute Gasteiger partial charge is 0.309 e. The Morgan fingerprint density at radius 3 is 2.81 bits per heavy atom. The van der Waals surface area contributed by atoms with E-state index in [1.165, 1.54) is 11.5 Å². The van der Waals surface area contributed by atoms with Gasteiger partial charge in [-0.2, -0.15) is 0 Å². The molecule has 1 heterocycles. The summed E-state index contributed by atoms with van der Waals surface area (Å²) in [6.45, 7) is 1.75. The fraction of sp³-hybridized carbons (Fsp3) is 0.273. The number of hydrogen-bond acceptors (Lipinski definition) is 4. The van der Waals surface area contributed by atoms with E-state index < -0.39 is 0 Å². The minimum absolute atomic E-state index is 0.0462. The molecule has 1 unspecified atom stereocenters. The van der Waals surface area contributed by atoms with Gasteiger partial charge in [0.25, 0.3) is 0 Å². The number of aromatic nitrogens is 2. The second-order valence-corrected chi connectivity index (χ2v) is 4.37. The van der Waals surface area contributed by atoms with E-state index >= 15 is 0 Å². The van der Waals surface area contributed by atoms with Crippen LogP contribution in [0.25, 0.3) is 0 Å². The summed E-state index contributed by atoms with van der Waals surface area (Å²) in [4.78, 5) is 0.978. The van der Waals surface area contributed by atoms with Gasteiger partial charge in [-0.25, -0.2) is 4.39 Å². The average Bonchev–Trinajstić information content (AvgIpc) is 2.78. The molecule has 1 N–H and O–H groups in total. The molecule has 2 rings (SSSR count). The Kier molecular flexibility index (Phi) is 3.26. The van der Waals surface area contributed by atoms with Crippen molar-refractivity contribution >= 4 is 11.5 Å². The fourth-order valence-electron chi connectivity index (χ4n) is 1.56. The number of nitrogens with one attached hydrogen (secondary N) is 1. The highest BCUT2D eigenvalue weighted by atomic mass is 32.1. The zero-order chi connectivity index (χ0) is 11.5. The van der Waals surface area contributed by atoms with Crippen molar-refractivity contribution < 1.29 is 4.39 Å². The normalized spacial score (nSPS) is 12.7. The summed E-state index contributed by atoms with van der Waals surface area (Å²) in [7, 11) is 1.84. The van der Waals surface area contributed by atoms with Gasteiger partial charge in [0.2, 0.25) is 0 Å². The lowest BCUT2D eigenvalue weighted by molar-refractivity contribution is 0.609. The van der Waals surface area contributed by atoms with Crippen LogP contribution in [0.3, 0.4) is 0 Å². The van der Waals surface area contributed by atoms with Crippen LogP contribution in [0.5, 0.6) is 0 Å². The maximum Gasteiger partial charge on any atom is 0.126 e. The van der Waals surface area contributed by atoms with E-state index in [1.807, 2.05) is 13.1 Å². The minimum Gasteiger partial charge on any atom is -0.309 e. The summed E-state index contributed by atoms with van der Waals surface area (Å²) < 4.78 is 17.3. The molecule has 84 valence electrons. The molecule has 0 amide bonds. The van der Waals surface area contributed by atoms with Gasteiger partial charge in [-0.3, -0.25) is 0 Å². The molecule has 0 saturated heterocycles. The third-order valence-corrected chi connectivity index (χ3v) is 3.21. The van der Waals surface area contributed by atoms with E-state index in [1.54, 1.807) is 25.3 Å². The van der Waals surface area contributed by atoms with Gasteiger partial charge < -0.3 is 5.32 Å². The molecule has 2 aromatic rings. The molecule has 3 nitrogen and oxygen atoms in total. The highest BCUT2D eigenvalue weighted by Gasteiger charge is 2.15. The SMILES string of the molecule is CNC(c1ccc(C)c(F)c1)c1cnns1. The number of nitrogens with zero attached hydrogens (tertiary/aromatic N) is 2. The van der Waals surface area contributed by atoms with E-state index in [0.29, 0.717) is 5.56 Å². The number of hydrogen-bond donors (Lipinski definition) is 1. The number of halogens is 1. The first-order chi connectivity index (χ1) is 7.72. The first kappa shape index (κ1) is 11.2. The van der Waals surface area contributed by atoms with Crippen molar-refractivity contribution in [3.05, 3.63) is 46.2 Å². The van der Waals surface area contributed by atoms with E-state index in [2.05, 4.69) is 14.9 Å². The highest BCUT2D eigenvalue weighted by molar-refractivity contribution is 7.05. The van der Waals surface area contributed by atoms with Gasteiger partial charge in [0.1, 0.15) is 5.82 Å². The summed E-state index contributed by atoms with van der Waals surface area (Å²) in [6.07, 6.45) is 1.70. The third kappa shape index (κ3) is 2.10. The second-order valence-electron chi connectivity index (χ2n) is 3.55. The van der Waals surface area contributed by atoms with Crippen LogP contribution in [-0.2, 0) is 0 Å². The lowest BCUT2D eigenvalue weighted by Crippen LogP contribution is -2.16. The topological polar surface area (TPSA) is 37.8 Å². The molecule has 1 atom stereocenters. The maximum absolute atomic E-state index is 13.5. The molecule has 1 aromatic carbocycles. The summed E-state index contributed by atoms with van der Waals surface area (Å²) in [6, 6.07) is 5.20. The second kappa shape index (κ2) is 4.67. The van der Waals surface area contributed by atoms with E-state index in [-0.39, 0.29) is 11.9 Å². The summed E-state index contributed by atoms with van der Waals surface area (Å²) >= 11 is 1.31. The lowest BCUT2D eigenvalue weighted by Gasteiger charge is -2.14. The van der Waals surface area contributed by atoms with Crippen LogP contribution in [-0.4, -0.2) is 16.6 Å². The van der Waals surface area contributed by atoms with Gasteiger partial charge >= 0.3 is 0 Å². The Labute approximate surface area is 97.5 Å². The van der Waals surface area contributed by atoms with Crippen molar-refractivity contribution in [1.82, 2.24) is 14.9 Å². The Balaban J connectivity index is 2.37. The van der Waals surface area contributed by atoms with Gasteiger partial charge in [0.05, 0.1) is 17.1 Å². The highest BCUT2D eigenvalue weighted by Crippen LogP contribution is 2.24. The lowest BCUT2D eigenvalue weighted by atomic mass is 10.0. The molecule has 5 heteroatoms. The molecule has 0 aliphatic rings. The molecule has 0 fully saturated rings. The first-order valence-corrected chi connectivity index (χ1v) is 5.70. The van der Waals surface area contributed by atoms with Crippen LogP contribution < -0.4 is 5.32 Å². The zero-order valence-electron chi connectivity index (χ0n) is 9.07. The van der Waals surface area contributed by atoms with Crippen LogP contribution in [0.15, 0.2) is 24.4 Å². The van der Waals surface area contributed by atoms with Crippen LogP contribution >= 0.6 is 11.5 Å².